The van der Waals surface area contributed by atoms with Crippen molar-refractivity contribution in [1.82, 2.24) is 15.6 Å². The summed E-state index contributed by atoms with van der Waals surface area (Å²) in [4.78, 5) is 49.3. The lowest BCUT2D eigenvalue weighted by Crippen LogP contribution is -2.58. The fourth-order valence-corrected chi connectivity index (χ4v) is 1.54. The lowest BCUT2D eigenvalue weighted by molar-refractivity contribution is -0.141. The molecule has 100 valence electrons. The quantitative estimate of drug-likeness (QED) is 0.582. The minimum absolute atomic E-state index is 0.0653. The highest BCUT2D eigenvalue weighted by atomic mass is 16.2. The number of aromatic nitrogens is 1. The first-order valence-electron chi connectivity index (χ1n) is 5.34. The zero-order valence-corrected chi connectivity index (χ0v) is 9.84. The molecule has 1 aliphatic rings. The minimum Gasteiger partial charge on any atom is -0.325 e. The van der Waals surface area contributed by atoms with Crippen molar-refractivity contribution in [1.29, 1.82) is 5.26 Å². The summed E-state index contributed by atoms with van der Waals surface area (Å²) in [7, 11) is 0. The summed E-state index contributed by atoms with van der Waals surface area (Å²) in [5.41, 5.74) is 0.273. The second kappa shape index (κ2) is 5.15. The molecular formula is C11H7N5O4. The van der Waals surface area contributed by atoms with Crippen molar-refractivity contribution in [2.24, 2.45) is 5.92 Å². The number of nitrogens with one attached hydrogen (secondary N) is 3. The lowest BCUT2D eigenvalue weighted by atomic mass is 10.1. The molecule has 0 atom stereocenters. The predicted molar refractivity (Wildman–Crippen MR) is 62.8 cm³/mol. The van der Waals surface area contributed by atoms with Gasteiger partial charge in [-0.15, -0.1) is 0 Å². The number of hydrogen-bond donors (Lipinski definition) is 3. The summed E-state index contributed by atoms with van der Waals surface area (Å²) in [6.07, 6.45) is 1.29. The van der Waals surface area contributed by atoms with Crippen LogP contribution in [0, 0.1) is 17.2 Å². The number of amides is 5. The Balaban J connectivity index is 2.15. The maximum absolute atomic E-state index is 11.8. The number of anilines is 1. The van der Waals surface area contributed by atoms with Crippen LogP contribution in [0.1, 0.15) is 5.69 Å². The van der Waals surface area contributed by atoms with Gasteiger partial charge in [0.25, 0.3) is 0 Å². The van der Waals surface area contributed by atoms with E-state index in [1.54, 1.807) is 6.07 Å². The monoisotopic (exact) mass is 273 g/mol. The number of carbonyl (C=O) groups is 4. The Morgan fingerprint density at radius 1 is 1.30 bits per heavy atom. The van der Waals surface area contributed by atoms with E-state index in [4.69, 9.17) is 5.26 Å². The topological polar surface area (TPSA) is 141 Å². The zero-order chi connectivity index (χ0) is 14.7. The molecule has 0 spiro atoms. The number of urea groups is 1. The van der Waals surface area contributed by atoms with E-state index >= 15 is 0 Å². The van der Waals surface area contributed by atoms with E-state index in [0.717, 1.165) is 0 Å². The van der Waals surface area contributed by atoms with Crippen LogP contribution in [0.3, 0.4) is 0 Å². The molecule has 1 saturated heterocycles. The number of rotatable bonds is 2. The van der Waals surface area contributed by atoms with E-state index in [2.05, 4.69) is 10.3 Å². The summed E-state index contributed by atoms with van der Waals surface area (Å²) in [5.74, 6) is -4.61. The van der Waals surface area contributed by atoms with E-state index in [0.29, 0.717) is 0 Å². The van der Waals surface area contributed by atoms with Gasteiger partial charge in [-0.3, -0.25) is 25.0 Å². The number of imide groups is 2. The molecule has 1 fully saturated rings. The molecule has 0 radical (unpaired) electrons. The Morgan fingerprint density at radius 2 is 1.95 bits per heavy atom. The normalized spacial score (nSPS) is 15.1. The smallest absolute Gasteiger partial charge is 0.325 e. The Bertz CT molecular complexity index is 643. The number of nitriles is 1. The molecule has 5 amide bonds. The molecule has 0 aliphatic carbocycles. The summed E-state index contributed by atoms with van der Waals surface area (Å²) in [5, 5.41) is 14.6. The molecular weight excluding hydrogens is 266 g/mol. The average molecular weight is 273 g/mol. The highest BCUT2D eigenvalue weighted by Crippen LogP contribution is 2.11. The number of barbiturate groups is 1. The van der Waals surface area contributed by atoms with Gasteiger partial charge in [0, 0.05) is 11.9 Å². The molecule has 1 aromatic rings. The van der Waals surface area contributed by atoms with Crippen LogP contribution in [-0.4, -0.2) is 28.7 Å². The molecule has 9 nitrogen and oxygen atoms in total. The van der Waals surface area contributed by atoms with E-state index < -0.39 is 29.7 Å². The van der Waals surface area contributed by atoms with Gasteiger partial charge in [-0.1, -0.05) is 0 Å². The summed E-state index contributed by atoms with van der Waals surface area (Å²) in [6, 6.07) is 3.48. The fourth-order valence-electron chi connectivity index (χ4n) is 1.54. The van der Waals surface area contributed by atoms with Crippen LogP contribution in [0.2, 0.25) is 0 Å². The van der Waals surface area contributed by atoms with Crippen LogP contribution in [0.5, 0.6) is 0 Å². The van der Waals surface area contributed by atoms with Crippen molar-refractivity contribution >= 4 is 29.4 Å². The maximum atomic E-state index is 11.8. The van der Waals surface area contributed by atoms with Gasteiger partial charge in [-0.2, -0.15) is 5.26 Å². The number of nitrogens with zero attached hydrogens (tertiary/aromatic N) is 2. The third-order valence-corrected chi connectivity index (χ3v) is 2.40. The standard InChI is InChI=1S/C11H7N5O4/c12-4-6-3-5(1-2-13-6)14-8(17)7-9(18)15-11(20)16-10(7)19/h1-3,7H,(H,13,14,17)(H2,15,16,18,19,20). The van der Waals surface area contributed by atoms with Crippen molar-refractivity contribution in [3.63, 3.8) is 0 Å². The molecule has 2 rings (SSSR count). The fraction of sp³-hybridized carbons (Fsp3) is 0.0909. The van der Waals surface area contributed by atoms with Gasteiger partial charge in [-0.05, 0) is 12.1 Å². The summed E-state index contributed by atoms with van der Waals surface area (Å²) < 4.78 is 0. The van der Waals surface area contributed by atoms with Crippen LogP contribution in [0.4, 0.5) is 10.5 Å². The van der Waals surface area contributed by atoms with E-state index in [1.807, 2.05) is 10.6 Å². The van der Waals surface area contributed by atoms with Gasteiger partial charge >= 0.3 is 6.03 Å². The maximum Gasteiger partial charge on any atom is 0.328 e. The summed E-state index contributed by atoms with van der Waals surface area (Å²) >= 11 is 0. The summed E-state index contributed by atoms with van der Waals surface area (Å²) in [6.45, 7) is 0. The second-order valence-electron chi connectivity index (χ2n) is 3.77. The minimum atomic E-state index is -1.67. The van der Waals surface area contributed by atoms with E-state index in [1.165, 1.54) is 18.3 Å². The van der Waals surface area contributed by atoms with Crippen molar-refractivity contribution in [3.05, 3.63) is 24.0 Å². The molecule has 9 heteroatoms. The molecule has 1 aliphatic heterocycles. The molecule has 0 unspecified atom stereocenters. The van der Waals surface area contributed by atoms with Gasteiger partial charge < -0.3 is 5.32 Å². The van der Waals surface area contributed by atoms with Crippen LogP contribution < -0.4 is 16.0 Å². The Kier molecular flexibility index (Phi) is 3.39. The highest BCUT2D eigenvalue weighted by Gasteiger charge is 2.39. The molecule has 0 aromatic carbocycles. The van der Waals surface area contributed by atoms with Crippen LogP contribution in [0.25, 0.3) is 0 Å². The van der Waals surface area contributed by atoms with E-state index in [-0.39, 0.29) is 11.4 Å². The number of pyridine rings is 1. The van der Waals surface area contributed by atoms with Crippen molar-refractivity contribution in [2.75, 3.05) is 5.32 Å². The highest BCUT2D eigenvalue weighted by molar-refractivity contribution is 6.28. The second-order valence-corrected chi connectivity index (χ2v) is 3.77. The largest absolute Gasteiger partial charge is 0.328 e. The molecule has 20 heavy (non-hydrogen) atoms. The first-order chi connectivity index (χ1) is 9.51. The van der Waals surface area contributed by atoms with Gasteiger partial charge in [0.2, 0.25) is 17.7 Å². The van der Waals surface area contributed by atoms with Gasteiger partial charge in [0.1, 0.15) is 11.8 Å². The average Bonchev–Trinajstić information content (AvgIpc) is 2.37. The van der Waals surface area contributed by atoms with Crippen LogP contribution in [0.15, 0.2) is 18.3 Å². The lowest BCUT2D eigenvalue weighted by Gasteiger charge is -2.19. The van der Waals surface area contributed by atoms with Crippen molar-refractivity contribution in [3.8, 4) is 6.07 Å². The van der Waals surface area contributed by atoms with Crippen molar-refractivity contribution < 1.29 is 19.2 Å². The van der Waals surface area contributed by atoms with Gasteiger partial charge in [0.15, 0.2) is 5.92 Å². The first kappa shape index (κ1) is 13.2. The Morgan fingerprint density at radius 3 is 2.55 bits per heavy atom. The van der Waals surface area contributed by atoms with E-state index in [9.17, 15) is 19.2 Å². The van der Waals surface area contributed by atoms with Crippen LogP contribution in [-0.2, 0) is 14.4 Å². The first-order valence-corrected chi connectivity index (χ1v) is 5.34. The molecule has 0 saturated carbocycles. The molecule has 2 heterocycles. The Hall–Kier alpha value is -3.28. The number of hydrogen-bond acceptors (Lipinski definition) is 6. The van der Waals surface area contributed by atoms with Gasteiger partial charge in [-0.25, -0.2) is 9.78 Å². The zero-order valence-electron chi connectivity index (χ0n) is 9.84. The third-order valence-electron chi connectivity index (χ3n) is 2.40. The van der Waals surface area contributed by atoms with Gasteiger partial charge in [0.05, 0.1) is 0 Å². The van der Waals surface area contributed by atoms with Crippen LogP contribution >= 0.6 is 0 Å². The molecule has 0 bridgehead atoms. The van der Waals surface area contributed by atoms with Crippen molar-refractivity contribution in [2.45, 2.75) is 0 Å². The Labute approximate surface area is 112 Å². The molecule has 1 aromatic heterocycles. The predicted octanol–water partition coefficient (Wildman–Crippen LogP) is -1.13. The molecule has 3 N–H and O–H groups in total. The third kappa shape index (κ3) is 2.59. The number of carbonyl (C=O) groups excluding carboxylic acids is 4. The SMILES string of the molecule is N#Cc1cc(NC(=O)C2C(=O)NC(=O)NC2=O)ccn1.